The monoisotopic (exact) mass is 439 g/mol. The van der Waals surface area contributed by atoms with Gasteiger partial charge in [-0.05, 0) is 65.3 Å². The molecule has 1 amide bonds. The number of hydrogen-bond acceptors (Lipinski definition) is 4. The molecule has 0 aliphatic rings. The quantitative estimate of drug-likeness (QED) is 0.393. The normalized spacial score (nSPS) is 11.8. The Morgan fingerprint density at radius 1 is 1.03 bits per heavy atom. The molecule has 0 aliphatic carbocycles. The maximum absolute atomic E-state index is 13.2. The largest absolute Gasteiger partial charge is 0.478 e. The number of pyridine rings is 1. The summed E-state index contributed by atoms with van der Waals surface area (Å²) < 4.78 is 0. The number of aromatic nitrogens is 1. The Labute approximate surface area is 192 Å². The predicted molar refractivity (Wildman–Crippen MR) is 130 cm³/mol. The van der Waals surface area contributed by atoms with E-state index in [0.29, 0.717) is 17.7 Å². The molecule has 0 bridgehead atoms. The predicted octanol–water partition coefficient (Wildman–Crippen LogP) is 4.51. The van der Waals surface area contributed by atoms with Crippen molar-refractivity contribution >= 4 is 28.3 Å². The van der Waals surface area contributed by atoms with Crippen molar-refractivity contribution in [3.05, 3.63) is 107 Å². The number of carbonyl (C=O) groups is 2. The van der Waals surface area contributed by atoms with E-state index in [2.05, 4.69) is 10.3 Å². The van der Waals surface area contributed by atoms with E-state index in [-0.39, 0.29) is 18.0 Å². The second-order valence-electron chi connectivity index (χ2n) is 8.05. The van der Waals surface area contributed by atoms with Gasteiger partial charge < -0.3 is 16.2 Å². The summed E-state index contributed by atoms with van der Waals surface area (Å²) in [5.41, 5.74) is 10.6. The Balaban J connectivity index is 1.58. The van der Waals surface area contributed by atoms with Crippen LogP contribution in [0.2, 0.25) is 0 Å². The summed E-state index contributed by atoms with van der Waals surface area (Å²) in [7, 11) is 0. The topological polar surface area (TPSA) is 105 Å². The minimum Gasteiger partial charge on any atom is -0.478 e. The lowest BCUT2D eigenvalue weighted by molar-refractivity contribution is -0.117. The highest BCUT2D eigenvalue weighted by atomic mass is 16.4. The van der Waals surface area contributed by atoms with Crippen molar-refractivity contribution in [3.8, 4) is 0 Å². The average molecular weight is 440 g/mol. The highest BCUT2D eigenvalue weighted by molar-refractivity contribution is 5.98. The van der Waals surface area contributed by atoms with Crippen LogP contribution in [0.3, 0.4) is 0 Å². The average Bonchev–Trinajstić information content (AvgIpc) is 2.80. The highest BCUT2D eigenvalue weighted by Crippen LogP contribution is 2.26. The van der Waals surface area contributed by atoms with E-state index in [9.17, 15) is 14.7 Å². The van der Waals surface area contributed by atoms with Crippen molar-refractivity contribution in [2.75, 3.05) is 11.9 Å². The number of rotatable bonds is 7. The molecule has 3 aromatic carbocycles. The van der Waals surface area contributed by atoms with E-state index >= 15 is 0 Å². The smallest absolute Gasteiger partial charge is 0.335 e. The third-order valence-corrected chi connectivity index (χ3v) is 5.81. The van der Waals surface area contributed by atoms with Gasteiger partial charge in [0.05, 0.1) is 11.5 Å². The summed E-state index contributed by atoms with van der Waals surface area (Å²) in [6, 6.07) is 20.6. The molecule has 1 atom stereocenters. The van der Waals surface area contributed by atoms with E-state index in [1.54, 1.807) is 25.4 Å². The first-order valence-corrected chi connectivity index (χ1v) is 10.7. The molecule has 0 saturated heterocycles. The summed E-state index contributed by atoms with van der Waals surface area (Å²) in [5, 5.41) is 14.3. The van der Waals surface area contributed by atoms with Gasteiger partial charge in [-0.2, -0.15) is 0 Å². The van der Waals surface area contributed by atoms with Crippen LogP contribution in [-0.2, 0) is 11.2 Å². The molecule has 6 nitrogen and oxygen atoms in total. The van der Waals surface area contributed by atoms with E-state index < -0.39 is 11.9 Å². The molecule has 1 aromatic heterocycles. The van der Waals surface area contributed by atoms with Gasteiger partial charge in [0.2, 0.25) is 5.91 Å². The van der Waals surface area contributed by atoms with E-state index in [4.69, 9.17) is 5.73 Å². The number of nitrogens with one attached hydrogen (secondary N) is 1. The van der Waals surface area contributed by atoms with Gasteiger partial charge in [-0.15, -0.1) is 0 Å². The Kier molecular flexibility index (Phi) is 6.47. The molecule has 0 radical (unpaired) electrons. The number of carbonyl (C=O) groups excluding carboxylic acids is 1. The lowest BCUT2D eigenvalue weighted by atomic mass is 9.89. The first kappa shape index (κ1) is 22.2. The van der Waals surface area contributed by atoms with Crippen LogP contribution in [-0.4, -0.2) is 28.5 Å². The zero-order valence-corrected chi connectivity index (χ0v) is 18.3. The summed E-state index contributed by atoms with van der Waals surface area (Å²) >= 11 is 0. The van der Waals surface area contributed by atoms with Crippen LogP contribution in [0.15, 0.2) is 79.1 Å². The number of aryl methyl sites for hydroxylation is 1. The number of nitrogens with two attached hydrogens (primary N) is 1. The zero-order chi connectivity index (χ0) is 23.4. The third-order valence-electron chi connectivity index (χ3n) is 5.81. The van der Waals surface area contributed by atoms with Crippen LogP contribution in [0, 0.1) is 6.92 Å². The fraction of sp³-hybridized carbons (Fsp3) is 0.148. The molecular formula is C27H25N3O3. The van der Waals surface area contributed by atoms with Crippen LogP contribution >= 0.6 is 0 Å². The second-order valence-corrected chi connectivity index (χ2v) is 8.05. The van der Waals surface area contributed by atoms with Crippen molar-refractivity contribution in [3.63, 3.8) is 0 Å². The highest BCUT2D eigenvalue weighted by Gasteiger charge is 2.22. The lowest BCUT2D eigenvalue weighted by Crippen LogP contribution is -2.28. The van der Waals surface area contributed by atoms with Crippen LogP contribution in [0.5, 0.6) is 0 Å². The molecule has 0 fully saturated rings. The van der Waals surface area contributed by atoms with Gasteiger partial charge in [-0.1, -0.05) is 42.5 Å². The van der Waals surface area contributed by atoms with E-state index in [1.165, 1.54) is 0 Å². The minimum absolute atomic E-state index is 0.164. The molecule has 0 saturated carbocycles. The van der Waals surface area contributed by atoms with Crippen molar-refractivity contribution in [1.29, 1.82) is 0 Å². The van der Waals surface area contributed by atoms with Crippen LogP contribution in [0.4, 0.5) is 5.69 Å². The number of fused-ring (bicyclic) bond motifs is 1. The van der Waals surface area contributed by atoms with Crippen molar-refractivity contribution < 1.29 is 14.7 Å². The zero-order valence-electron chi connectivity index (χ0n) is 18.3. The molecule has 6 heteroatoms. The summed E-state index contributed by atoms with van der Waals surface area (Å²) in [6.07, 6.45) is 4.08. The Bertz CT molecular complexity index is 1330. The summed E-state index contributed by atoms with van der Waals surface area (Å²) in [4.78, 5) is 28.6. The van der Waals surface area contributed by atoms with Crippen LogP contribution < -0.4 is 11.1 Å². The Morgan fingerprint density at radius 3 is 2.61 bits per heavy atom. The number of nitrogens with zero attached hydrogens (tertiary/aromatic N) is 1. The van der Waals surface area contributed by atoms with Gasteiger partial charge >= 0.3 is 5.97 Å². The number of anilines is 1. The number of carboxylic acid groups (broad SMARTS) is 1. The second kappa shape index (κ2) is 9.63. The number of benzene rings is 3. The van der Waals surface area contributed by atoms with Crippen molar-refractivity contribution in [1.82, 2.24) is 4.98 Å². The van der Waals surface area contributed by atoms with Crippen LogP contribution in [0.1, 0.15) is 38.5 Å². The lowest BCUT2D eigenvalue weighted by Gasteiger charge is -2.19. The van der Waals surface area contributed by atoms with Crippen molar-refractivity contribution in [2.24, 2.45) is 5.73 Å². The van der Waals surface area contributed by atoms with Gasteiger partial charge in [0.15, 0.2) is 0 Å². The summed E-state index contributed by atoms with van der Waals surface area (Å²) in [6.45, 7) is 1.95. The Morgan fingerprint density at radius 2 is 1.85 bits per heavy atom. The van der Waals surface area contributed by atoms with Crippen LogP contribution in [0.25, 0.3) is 10.8 Å². The number of aromatic carboxylic acids is 1. The molecule has 33 heavy (non-hydrogen) atoms. The molecule has 166 valence electrons. The minimum atomic E-state index is -0.940. The maximum atomic E-state index is 13.2. The standard InChI is InChI=1S/C27H25N3O3/c1-17-12-18(6-9-23(17)27(32)33)13-20-4-2-3-5-24(20)25(15-28)26(31)30-22-8-7-21-16-29-11-10-19(21)14-22/h2-12,14,16,25H,13,15,28H2,1H3,(H,30,31)(H,32,33). The van der Waals surface area contributed by atoms with Gasteiger partial charge in [0.25, 0.3) is 0 Å². The molecule has 4 rings (SSSR count). The first-order chi connectivity index (χ1) is 16.0. The molecule has 0 spiro atoms. The van der Waals surface area contributed by atoms with E-state index in [0.717, 1.165) is 27.5 Å². The number of amides is 1. The van der Waals surface area contributed by atoms with Gasteiger partial charge in [0, 0.05) is 30.0 Å². The fourth-order valence-electron chi connectivity index (χ4n) is 4.10. The molecule has 4 N–H and O–H groups in total. The van der Waals surface area contributed by atoms with Crippen molar-refractivity contribution in [2.45, 2.75) is 19.3 Å². The third kappa shape index (κ3) is 4.91. The first-order valence-electron chi connectivity index (χ1n) is 10.7. The number of carboxylic acids is 1. The summed E-state index contributed by atoms with van der Waals surface area (Å²) in [5.74, 6) is -1.63. The van der Waals surface area contributed by atoms with Gasteiger partial charge in [0.1, 0.15) is 0 Å². The SMILES string of the molecule is Cc1cc(Cc2ccccc2C(CN)C(=O)Nc2ccc3cnccc3c2)ccc1C(=O)O. The maximum Gasteiger partial charge on any atom is 0.335 e. The van der Waals surface area contributed by atoms with E-state index in [1.807, 2.05) is 60.7 Å². The number of hydrogen-bond donors (Lipinski definition) is 3. The molecule has 4 aromatic rings. The molecular weight excluding hydrogens is 414 g/mol. The molecule has 1 unspecified atom stereocenters. The fourth-order valence-corrected chi connectivity index (χ4v) is 4.10. The molecule has 1 heterocycles. The van der Waals surface area contributed by atoms with Gasteiger partial charge in [-0.25, -0.2) is 4.79 Å². The Hall–Kier alpha value is -4.03. The van der Waals surface area contributed by atoms with Gasteiger partial charge in [-0.3, -0.25) is 9.78 Å². The molecule has 0 aliphatic heterocycles.